The highest BCUT2D eigenvalue weighted by Crippen LogP contribution is 2.36. The molecule has 8 nitrogen and oxygen atoms in total. The lowest BCUT2D eigenvalue weighted by Crippen LogP contribution is -2.19. The van der Waals surface area contributed by atoms with Gasteiger partial charge < -0.3 is 8.60 Å². The highest BCUT2D eigenvalue weighted by atomic mass is 79.9. The van der Waals surface area contributed by atoms with Crippen LogP contribution in [-0.2, 0) is 14.9 Å². The summed E-state index contributed by atoms with van der Waals surface area (Å²) in [6.45, 7) is 0. The largest absolute Gasteiger partial charge is 0.431 e. The first-order valence-corrected chi connectivity index (χ1v) is 13.6. The number of nitrogens with zero attached hydrogens (tertiary/aromatic N) is 2. The molecule has 1 aromatic heterocycles. The molecule has 0 bridgehead atoms. The topological polar surface area (TPSA) is 111 Å². The van der Waals surface area contributed by atoms with Crippen LogP contribution in [0.4, 0.5) is 0 Å². The third-order valence-electron chi connectivity index (χ3n) is 4.25. The van der Waals surface area contributed by atoms with Gasteiger partial charge in [-0.25, -0.2) is 10.4 Å². The van der Waals surface area contributed by atoms with Crippen LogP contribution < -0.4 is 9.61 Å². The maximum absolute atomic E-state index is 12.5. The van der Waals surface area contributed by atoms with Crippen molar-refractivity contribution in [2.24, 2.45) is 5.10 Å². The van der Waals surface area contributed by atoms with Crippen molar-refractivity contribution in [1.29, 1.82) is 0 Å². The van der Waals surface area contributed by atoms with Gasteiger partial charge in [-0.3, -0.25) is 4.79 Å². The number of para-hydroxylation sites is 2. The van der Waals surface area contributed by atoms with Gasteiger partial charge in [-0.15, -0.1) is 0 Å². The maximum atomic E-state index is 12.5. The van der Waals surface area contributed by atoms with Crippen LogP contribution in [0.2, 0.25) is 0 Å². The summed E-state index contributed by atoms with van der Waals surface area (Å²) in [5, 5.41) is 4.34. The lowest BCUT2D eigenvalue weighted by molar-refractivity contribution is -0.118. The Morgan fingerprint density at radius 2 is 1.76 bits per heavy atom. The molecule has 3 aromatic carbocycles. The number of hydrazone groups is 1. The summed E-state index contributed by atoms with van der Waals surface area (Å²) in [7, 11) is -4.00. The van der Waals surface area contributed by atoms with Gasteiger partial charge in [0.05, 0.1) is 20.9 Å². The van der Waals surface area contributed by atoms with Gasteiger partial charge in [0.1, 0.15) is 10.4 Å². The van der Waals surface area contributed by atoms with Crippen LogP contribution in [0.3, 0.4) is 0 Å². The van der Waals surface area contributed by atoms with Crippen LogP contribution in [0.15, 0.2) is 95.3 Å². The van der Waals surface area contributed by atoms with E-state index in [1.807, 2.05) is 18.2 Å². The molecule has 0 fully saturated rings. The first-order valence-electron chi connectivity index (χ1n) is 9.61. The standard InChI is InChI=1S/C22H15Br2N3O5S2/c23-16-10-14(11-17(24)21(16)32-34(29,30)15-6-2-1-3-7-15)12-25-27-20(28)13-33-22-26-18-8-4-5-9-19(18)31-22/h1-12H,13H2,(H,27,28)/b25-12-. The van der Waals surface area contributed by atoms with Gasteiger partial charge in [0.2, 0.25) is 0 Å². The Labute approximate surface area is 216 Å². The number of benzene rings is 3. The number of thioether (sulfide) groups is 1. The average molecular weight is 625 g/mol. The Kier molecular flexibility index (Phi) is 7.71. The van der Waals surface area contributed by atoms with E-state index in [0.29, 0.717) is 25.3 Å². The van der Waals surface area contributed by atoms with Gasteiger partial charge in [0.25, 0.3) is 11.1 Å². The lowest BCUT2D eigenvalue weighted by atomic mass is 10.2. The zero-order valence-corrected chi connectivity index (χ0v) is 21.9. The second kappa shape index (κ2) is 10.7. The Bertz CT molecular complexity index is 1420. The molecular formula is C22H15Br2N3O5S2. The number of rotatable bonds is 8. The number of nitrogens with one attached hydrogen (secondary N) is 1. The van der Waals surface area contributed by atoms with Crippen LogP contribution in [0.1, 0.15) is 5.56 Å². The summed E-state index contributed by atoms with van der Waals surface area (Å²) in [5.74, 6) is -0.169. The molecule has 0 radical (unpaired) electrons. The molecular weight excluding hydrogens is 610 g/mol. The molecule has 0 aliphatic carbocycles. The van der Waals surface area contributed by atoms with E-state index < -0.39 is 10.1 Å². The lowest BCUT2D eigenvalue weighted by Gasteiger charge is -2.11. The smallest absolute Gasteiger partial charge is 0.339 e. The van der Waals surface area contributed by atoms with Gasteiger partial charge in [-0.1, -0.05) is 42.1 Å². The van der Waals surface area contributed by atoms with Gasteiger partial charge in [-0.2, -0.15) is 13.5 Å². The molecule has 4 aromatic rings. The average Bonchev–Trinajstić information content (AvgIpc) is 3.24. The van der Waals surface area contributed by atoms with Crippen molar-refractivity contribution in [3.8, 4) is 5.75 Å². The summed E-state index contributed by atoms with van der Waals surface area (Å²) < 4.78 is 36.6. The van der Waals surface area contributed by atoms with E-state index >= 15 is 0 Å². The van der Waals surface area contributed by atoms with Gasteiger partial charge in [0, 0.05) is 0 Å². The second-order valence-corrected chi connectivity index (χ2v) is 10.9. The highest BCUT2D eigenvalue weighted by Gasteiger charge is 2.20. The number of fused-ring (bicyclic) bond motifs is 1. The molecule has 0 aliphatic rings. The zero-order chi connectivity index (χ0) is 24.1. The summed E-state index contributed by atoms with van der Waals surface area (Å²) in [4.78, 5) is 16.4. The van der Waals surface area contributed by atoms with E-state index in [1.54, 1.807) is 36.4 Å². The van der Waals surface area contributed by atoms with Crippen molar-refractivity contribution >= 4 is 77.0 Å². The molecule has 1 heterocycles. The molecule has 4 rings (SSSR count). The molecule has 1 amide bonds. The van der Waals surface area contributed by atoms with Gasteiger partial charge in [-0.05, 0) is 73.8 Å². The van der Waals surface area contributed by atoms with E-state index in [0.717, 1.165) is 17.3 Å². The molecule has 174 valence electrons. The Morgan fingerprint density at radius 3 is 2.47 bits per heavy atom. The van der Waals surface area contributed by atoms with Gasteiger partial charge in [0.15, 0.2) is 11.3 Å². The second-order valence-electron chi connectivity index (χ2n) is 6.69. The minimum atomic E-state index is -4.00. The van der Waals surface area contributed by atoms with E-state index in [2.05, 4.69) is 47.4 Å². The number of carbonyl (C=O) groups is 1. The predicted octanol–water partition coefficient (Wildman–Crippen LogP) is 5.36. The van der Waals surface area contributed by atoms with Gasteiger partial charge >= 0.3 is 10.1 Å². The molecule has 1 N–H and O–H groups in total. The van der Waals surface area contributed by atoms with Crippen LogP contribution in [0, 0.1) is 0 Å². The molecule has 12 heteroatoms. The van der Waals surface area contributed by atoms with Crippen molar-refractivity contribution in [1.82, 2.24) is 10.4 Å². The van der Waals surface area contributed by atoms with Crippen molar-refractivity contribution in [2.45, 2.75) is 10.1 Å². The predicted molar refractivity (Wildman–Crippen MR) is 137 cm³/mol. The Hall–Kier alpha value is -2.67. The minimum Gasteiger partial charge on any atom is -0.431 e. The summed E-state index contributed by atoms with van der Waals surface area (Å²) in [6, 6.07) is 18.4. The molecule has 0 atom stereocenters. The minimum absolute atomic E-state index is 0.0397. The van der Waals surface area contributed by atoms with Crippen LogP contribution >= 0.6 is 43.6 Å². The highest BCUT2D eigenvalue weighted by molar-refractivity contribution is 9.11. The quantitative estimate of drug-likeness (QED) is 0.122. The Morgan fingerprint density at radius 1 is 1.09 bits per heavy atom. The van der Waals surface area contributed by atoms with Crippen LogP contribution in [-0.4, -0.2) is 31.3 Å². The zero-order valence-electron chi connectivity index (χ0n) is 17.1. The third kappa shape index (κ3) is 6.06. The molecule has 0 saturated carbocycles. The van der Waals surface area contributed by atoms with E-state index in [9.17, 15) is 13.2 Å². The normalized spacial score (nSPS) is 11.7. The van der Waals surface area contributed by atoms with Crippen molar-refractivity contribution in [3.63, 3.8) is 0 Å². The summed E-state index contributed by atoms with van der Waals surface area (Å²) in [6.07, 6.45) is 1.42. The van der Waals surface area contributed by atoms with Crippen LogP contribution in [0.25, 0.3) is 11.1 Å². The first kappa shape index (κ1) is 24.5. The number of carbonyl (C=O) groups excluding carboxylic acids is 1. The molecule has 0 unspecified atom stereocenters. The molecule has 0 aliphatic heterocycles. The number of oxazole rings is 1. The fourth-order valence-corrected chi connectivity index (χ4v) is 5.94. The summed E-state index contributed by atoms with van der Waals surface area (Å²) >= 11 is 7.80. The molecule has 34 heavy (non-hydrogen) atoms. The maximum Gasteiger partial charge on any atom is 0.339 e. The van der Waals surface area contributed by atoms with Crippen molar-refractivity contribution in [2.75, 3.05) is 5.75 Å². The van der Waals surface area contributed by atoms with Crippen LogP contribution in [0.5, 0.6) is 5.75 Å². The van der Waals surface area contributed by atoms with E-state index in [4.69, 9.17) is 8.60 Å². The Balaban J connectivity index is 1.36. The molecule has 0 spiro atoms. The molecule has 0 saturated heterocycles. The van der Waals surface area contributed by atoms with E-state index in [-0.39, 0.29) is 22.3 Å². The number of hydrogen-bond acceptors (Lipinski definition) is 8. The fourth-order valence-electron chi connectivity index (χ4n) is 2.73. The third-order valence-corrected chi connectivity index (χ3v) is 7.49. The SMILES string of the molecule is O=C(CSc1nc2ccccc2o1)N/N=C\c1cc(Br)c(OS(=O)(=O)c2ccccc2)c(Br)c1. The number of hydrogen-bond donors (Lipinski definition) is 1. The summed E-state index contributed by atoms with van der Waals surface area (Å²) in [5.41, 5.74) is 4.41. The van der Waals surface area contributed by atoms with Crippen molar-refractivity contribution in [3.05, 3.63) is 81.2 Å². The number of halogens is 2. The van der Waals surface area contributed by atoms with Crippen molar-refractivity contribution < 1.29 is 21.8 Å². The fraction of sp³-hybridized carbons (Fsp3) is 0.0455. The number of amides is 1. The monoisotopic (exact) mass is 623 g/mol. The number of aromatic nitrogens is 1. The first-order chi connectivity index (χ1) is 16.3. The van der Waals surface area contributed by atoms with E-state index in [1.165, 1.54) is 18.3 Å².